The van der Waals surface area contributed by atoms with Gasteiger partial charge in [-0.05, 0) is 23.8 Å². The maximum atomic E-state index is 13.6. The van der Waals surface area contributed by atoms with E-state index in [0.717, 1.165) is 0 Å². The minimum absolute atomic E-state index is 0.127. The minimum atomic E-state index is -1.75. The van der Waals surface area contributed by atoms with E-state index in [0.29, 0.717) is 35.7 Å². The first-order valence-corrected chi connectivity index (χ1v) is 14.1. The summed E-state index contributed by atoms with van der Waals surface area (Å²) < 4.78 is 10.5. The molecule has 2 unspecified atom stereocenters. The lowest BCUT2D eigenvalue weighted by atomic mass is 9.82. The Morgan fingerprint density at radius 3 is 2.56 bits per heavy atom. The molecule has 3 rings (SSSR count). The van der Waals surface area contributed by atoms with Crippen molar-refractivity contribution in [1.29, 1.82) is 0 Å². The number of carbonyl (C=O) groups excluding carboxylic acids is 2. The molecule has 2 aromatic carbocycles. The van der Waals surface area contributed by atoms with Crippen LogP contribution in [0.15, 0.2) is 48.5 Å². The van der Waals surface area contributed by atoms with E-state index in [1.54, 1.807) is 31.3 Å². The number of carbonyl (C=O) groups is 2. The summed E-state index contributed by atoms with van der Waals surface area (Å²) in [6, 6.07) is 13.9. The molecule has 168 valence electrons. The fraction of sp³-hybridized carbons (Fsp3) is 0.360. The first kappa shape index (κ1) is 23.6. The van der Waals surface area contributed by atoms with Crippen LogP contribution in [0.4, 0.5) is 5.69 Å². The number of hydrogen-bond acceptors (Lipinski definition) is 4. The van der Waals surface area contributed by atoms with E-state index in [1.807, 2.05) is 36.4 Å². The van der Waals surface area contributed by atoms with E-state index < -0.39 is 20.0 Å². The Bertz CT molecular complexity index is 1050. The number of amides is 2. The number of anilines is 1. The number of ether oxygens (including phenoxy) is 2. The van der Waals surface area contributed by atoms with Crippen molar-refractivity contribution in [2.24, 2.45) is 0 Å². The second-order valence-electron chi connectivity index (χ2n) is 8.74. The number of methoxy groups -OCH3 is 2. The Labute approximate surface area is 190 Å². The molecule has 0 saturated carbocycles. The molecule has 0 fully saturated rings. The average molecular weight is 451 g/mol. The van der Waals surface area contributed by atoms with Crippen LogP contribution in [0, 0.1) is 11.5 Å². The van der Waals surface area contributed by atoms with Gasteiger partial charge in [0.05, 0.1) is 19.6 Å². The summed E-state index contributed by atoms with van der Waals surface area (Å²) >= 11 is 0. The summed E-state index contributed by atoms with van der Waals surface area (Å²) in [4.78, 5) is 28.6. The molecule has 7 heteroatoms. The largest absolute Gasteiger partial charge is 0.497 e. The third kappa shape index (κ3) is 5.39. The zero-order valence-electron chi connectivity index (χ0n) is 19.3. The van der Waals surface area contributed by atoms with Crippen LogP contribution in [-0.4, -0.2) is 58.2 Å². The SMILES string of the molecule is COCCN1C(=O)c2ccccc2C(C(=O)Nc2cccc(OC)c2)C1C#C[Si](C)(C)C. The molecule has 2 aromatic rings. The molecule has 1 heterocycles. The first-order valence-electron chi connectivity index (χ1n) is 10.6. The Morgan fingerprint density at radius 1 is 1.12 bits per heavy atom. The molecule has 2 amide bonds. The van der Waals surface area contributed by atoms with Gasteiger partial charge >= 0.3 is 0 Å². The summed E-state index contributed by atoms with van der Waals surface area (Å²) in [6.45, 7) is 7.15. The van der Waals surface area contributed by atoms with Crippen molar-refractivity contribution >= 4 is 25.6 Å². The highest BCUT2D eigenvalue weighted by molar-refractivity contribution is 6.83. The molecule has 0 bridgehead atoms. The van der Waals surface area contributed by atoms with Crippen molar-refractivity contribution in [2.75, 3.05) is 32.7 Å². The Balaban J connectivity index is 2.08. The van der Waals surface area contributed by atoms with Gasteiger partial charge in [0, 0.05) is 31.0 Å². The Morgan fingerprint density at radius 2 is 1.88 bits per heavy atom. The molecule has 1 aliphatic rings. The van der Waals surface area contributed by atoms with Crippen molar-refractivity contribution in [3.63, 3.8) is 0 Å². The van der Waals surface area contributed by atoms with E-state index in [-0.39, 0.29) is 11.8 Å². The van der Waals surface area contributed by atoms with Gasteiger partial charge in [0.2, 0.25) is 5.91 Å². The molecule has 1 aliphatic heterocycles. The number of benzene rings is 2. The summed E-state index contributed by atoms with van der Waals surface area (Å²) in [7, 11) is 1.43. The second kappa shape index (κ2) is 10.0. The van der Waals surface area contributed by atoms with Crippen LogP contribution >= 0.6 is 0 Å². The van der Waals surface area contributed by atoms with Gasteiger partial charge < -0.3 is 19.7 Å². The third-order valence-electron chi connectivity index (χ3n) is 5.19. The molecule has 32 heavy (non-hydrogen) atoms. The van der Waals surface area contributed by atoms with Crippen LogP contribution in [0.5, 0.6) is 5.75 Å². The maximum Gasteiger partial charge on any atom is 0.255 e. The zero-order valence-corrected chi connectivity index (χ0v) is 20.3. The molecule has 0 radical (unpaired) electrons. The fourth-order valence-corrected chi connectivity index (χ4v) is 4.26. The topological polar surface area (TPSA) is 67.9 Å². The maximum absolute atomic E-state index is 13.6. The van der Waals surface area contributed by atoms with E-state index in [9.17, 15) is 9.59 Å². The Hall–Kier alpha value is -3.08. The van der Waals surface area contributed by atoms with Gasteiger partial charge in [-0.25, -0.2) is 0 Å². The molecule has 0 aromatic heterocycles. The van der Waals surface area contributed by atoms with Gasteiger partial charge in [-0.15, -0.1) is 5.54 Å². The van der Waals surface area contributed by atoms with E-state index >= 15 is 0 Å². The van der Waals surface area contributed by atoms with Crippen LogP contribution in [0.2, 0.25) is 19.6 Å². The lowest BCUT2D eigenvalue weighted by Crippen LogP contribution is -2.51. The molecule has 0 saturated heterocycles. The van der Waals surface area contributed by atoms with Gasteiger partial charge in [-0.1, -0.05) is 49.8 Å². The third-order valence-corrected chi connectivity index (χ3v) is 6.08. The molecule has 0 aliphatic carbocycles. The van der Waals surface area contributed by atoms with Crippen LogP contribution < -0.4 is 10.1 Å². The zero-order chi connectivity index (χ0) is 23.3. The second-order valence-corrected chi connectivity index (χ2v) is 13.5. The predicted molar refractivity (Wildman–Crippen MR) is 129 cm³/mol. The smallest absolute Gasteiger partial charge is 0.255 e. The highest BCUT2D eigenvalue weighted by atomic mass is 28.3. The summed E-state index contributed by atoms with van der Waals surface area (Å²) in [6.07, 6.45) is 0. The summed E-state index contributed by atoms with van der Waals surface area (Å²) in [5.74, 6) is 2.99. The fourth-order valence-electron chi connectivity index (χ4n) is 3.68. The van der Waals surface area contributed by atoms with Gasteiger partial charge in [0.1, 0.15) is 19.9 Å². The number of hydrogen-bond donors (Lipinski definition) is 1. The lowest BCUT2D eigenvalue weighted by Gasteiger charge is -2.39. The molecule has 6 nitrogen and oxygen atoms in total. The molecule has 2 atom stereocenters. The monoisotopic (exact) mass is 450 g/mol. The first-order chi connectivity index (χ1) is 15.2. The number of nitrogens with zero attached hydrogens (tertiary/aromatic N) is 1. The molecule has 1 N–H and O–H groups in total. The van der Waals surface area contributed by atoms with Crippen LogP contribution in [0.3, 0.4) is 0 Å². The van der Waals surface area contributed by atoms with Gasteiger partial charge in [0.25, 0.3) is 5.91 Å². The number of rotatable bonds is 6. The average Bonchev–Trinajstić information content (AvgIpc) is 2.76. The normalized spacial score (nSPS) is 17.8. The summed E-state index contributed by atoms with van der Waals surface area (Å²) in [5, 5.41) is 3.00. The van der Waals surface area contributed by atoms with Crippen molar-refractivity contribution in [3.05, 3.63) is 59.7 Å². The predicted octanol–water partition coefficient (Wildman–Crippen LogP) is 3.77. The van der Waals surface area contributed by atoms with Gasteiger partial charge in [-0.3, -0.25) is 9.59 Å². The van der Waals surface area contributed by atoms with E-state index in [2.05, 4.69) is 36.4 Å². The minimum Gasteiger partial charge on any atom is -0.497 e. The van der Waals surface area contributed by atoms with Crippen molar-refractivity contribution in [3.8, 4) is 17.2 Å². The van der Waals surface area contributed by atoms with Crippen molar-refractivity contribution in [1.82, 2.24) is 4.90 Å². The van der Waals surface area contributed by atoms with E-state index in [4.69, 9.17) is 9.47 Å². The van der Waals surface area contributed by atoms with Gasteiger partial charge in [-0.2, -0.15) is 0 Å². The van der Waals surface area contributed by atoms with E-state index in [1.165, 1.54) is 0 Å². The van der Waals surface area contributed by atoms with Crippen LogP contribution in [0.25, 0.3) is 0 Å². The molecular formula is C25H30N2O4Si. The number of fused-ring (bicyclic) bond motifs is 1. The van der Waals surface area contributed by atoms with Crippen molar-refractivity contribution < 1.29 is 19.1 Å². The Kier molecular flexibility index (Phi) is 7.39. The highest BCUT2D eigenvalue weighted by Gasteiger charge is 2.42. The molecule has 0 spiro atoms. The lowest BCUT2D eigenvalue weighted by molar-refractivity contribution is -0.118. The van der Waals surface area contributed by atoms with Crippen LogP contribution in [0.1, 0.15) is 21.8 Å². The summed E-state index contributed by atoms with van der Waals surface area (Å²) in [5.41, 5.74) is 5.22. The van der Waals surface area contributed by atoms with Crippen LogP contribution in [-0.2, 0) is 9.53 Å². The van der Waals surface area contributed by atoms with Gasteiger partial charge in [0.15, 0.2) is 0 Å². The van der Waals surface area contributed by atoms with Crippen molar-refractivity contribution in [2.45, 2.75) is 31.6 Å². The highest BCUT2D eigenvalue weighted by Crippen LogP contribution is 2.34. The molecular weight excluding hydrogens is 420 g/mol. The standard InChI is InChI=1S/C25H30N2O4Si/c1-30-15-14-27-22(13-16-32(3,4)5)23(20-11-6-7-12-21(20)25(27)29)24(28)26-18-9-8-10-19(17-18)31-2/h6-12,17,22-23H,14-15H2,1-5H3,(H,26,28). The number of nitrogens with one attached hydrogen (secondary N) is 1. The quantitative estimate of drug-likeness (QED) is 0.537.